The first-order chi connectivity index (χ1) is 5.18. The molecule has 0 N–H and O–H groups in total. The van der Waals surface area contributed by atoms with E-state index in [1.54, 1.807) is 0 Å². The highest BCUT2D eigenvalue weighted by Gasteiger charge is 2.32. The molecule has 0 aliphatic carbocycles. The van der Waals surface area contributed by atoms with E-state index in [2.05, 4.69) is 0 Å². The van der Waals surface area contributed by atoms with Gasteiger partial charge in [0.1, 0.15) is 0 Å². The minimum absolute atomic E-state index is 0. The standard InChI is InChI=1S/C7H18O3Si.ClH/c1-5-8-11(4,9-6-2)10-7-3;/h5-7H2,1-4H3;1H. The third kappa shape index (κ3) is 5.96. The largest absolute Gasteiger partial charge is 0.497 e. The molecule has 76 valence electrons. The van der Waals surface area contributed by atoms with Gasteiger partial charge >= 0.3 is 8.80 Å². The fraction of sp³-hybridized carbons (Fsp3) is 1.00. The van der Waals surface area contributed by atoms with Crippen LogP contribution in [0.25, 0.3) is 0 Å². The molecule has 0 bridgehead atoms. The lowest BCUT2D eigenvalue weighted by Gasteiger charge is -2.23. The van der Waals surface area contributed by atoms with Crippen LogP contribution in [0.15, 0.2) is 0 Å². The molecule has 5 heteroatoms. The zero-order valence-corrected chi connectivity index (χ0v) is 10.1. The molecule has 0 saturated carbocycles. The molecule has 0 aliphatic rings. The van der Waals surface area contributed by atoms with E-state index in [-0.39, 0.29) is 12.4 Å². The Morgan fingerprint density at radius 3 is 1.25 bits per heavy atom. The highest BCUT2D eigenvalue weighted by atomic mass is 35.5. The van der Waals surface area contributed by atoms with E-state index in [1.807, 2.05) is 27.3 Å². The van der Waals surface area contributed by atoms with Gasteiger partial charge in [0.25, 0.3) is 0 Å². The van der Waals surface area contributed by atoms with Gasteiger partial charge in [-0.25, -0.2) is 0 Å². The monoisotopic (exact) mass is 214 g/mol. The second-order valence-corrected chi connectivity index (χ2v) is 4.75. The minimum atomic E-state index is -2.25. The Bertz CT molecular complexity index is 85.6. The third-order valence-corrected chi connectivity index (χ3v) is 3.66. The zero-order chi connectivity index (χ0) is 8.74. The molecule has 0 aromatic rings. The Labute approximate surface area is 82.2 Å². The summed E-state index contributed by atoms with van der Waals surface area (Å²) >= 11 is 0. The maximum atomic E-state index is 5.40. The van der Waals surface area contributed by atoms with Crippen LogP contribution >= 0.6 is 12.4 Å². The van der Waals surface area contributed by atoms with Gasteiger partial charge in [0, 0.05) is 26.4 Å². The summed E-state index contributed by atoms with van der Waals surface area (Å²) in [7, 11) is -2.25. The van der Waals surface area contributed by atoms with Crippen LogP contribution in [-0.2, 0) is 13.3 Å². The molecule has 0 saturated heterocycles. The van der Waals surface area contributed by atoms with Gasteiger partial charge in [-0.1, -0.05) is 0 Å². The van der Waals surface area contributed by atoms with Gasteiger partial charge in [-0.05, 0) is 20.8 Å². The Hall–Kier alpha value is 0.387. The number of halogens is 1. The summed E-state index contributed by atoms with van der Waals surface area (Å²) in [4.78, 5) is 0. The van der Waals surface area contributed by atoms with Crippen molar-refractivity contribution in [1.82, 2.24) is 0 Å². The van der Waals surface area contributed by atoms with Gasteiger partial charge in [-0.15, -0.1) is 12.4 Å². The van der Waals surface area contributed by atoms with Gasteiger partial charge in [-0.2, -0.15) is 0 Å². The van der Waals surface area contributed by atoms with Crippen molar-refractivity contribution in [3.63, 3.8) is 0 Å². The molecule has 12 heavy (non-hydrogen) atoms. The number of rotatable bonds is 6. The normalized spacial score (nSPS) is 11.0. The average molecular weight is 215 g/mol. The smallest absolute Gasteiger partial charge is 0.374 e. The van der Waals surface area contributed by atoms with E-state index in [0.717, 1.165) is 0 Å². The second kappa shape index (κ2) is 8.01. The first-order valence-electron chi connectivity index (χ1n) is 4.10. The van der Waals surface area contributed by atoms with Gasteiger partial charge < -0.3 is 13.3 Å². The van der Waals surface area contributed by atoms with Crippen molar-refractivity contribution in [2.75, 3.05) is 19.8 Å². The van der Waals surface area contributed by atoms with E-state index in [4.69, 9.17) is 13.3 Å². The van der Waals surface area contributed by atoms with Crippen LogP contribution in [-0.4, -0.2) is 28.6 Å². The fourth-order valence-electron chi connectivity index (χ4n) is 0.912. The SMILES string of the molecule is CCO[Si](C)(OCC)OCC.Cl. The van der Waals surface area contributed by atoms with Gasteiger partial charge in [0.2, 0.25) is 0 Å². The van der Waals surface area contributed by atoms with Crippen LogP contribution in [0.4, 0.5) is 0 Å². The van der Waals surface area contributed by atoms with Crippen molar-refractivity contribution in [2.24, 2.45) is 0 Å². The predicted molar refractivity (Wildman–Crippen MR) is 53.7 cm³/mol. The van der Waals surface area contributed by atoms with Crippen LogP contribution < -0.4 is 0 Å². The molecule has 0 aliphatic heterocycles. The fourth-order valence-corrected chi connectivity index (χ4v) is 2.73. The maximum Gasteiger partial charge on any atom is 0.497 e. The topological polar surface area (TPSA) is 27.7 Å². The molecule has 0 unspecified atom stereocenters. The Kier molecular flexibility index (Phi) is 9.93. The molecule has 0 aromatic carbocycles. The Morgan fingerprint density at radius 2 is 1.08 bits per heavy atom. The third-order valence-electron chi connectivity index (χ3n) is 1.22. The van der Waals surface area contributed by atoms with Crippen molar-refractivity contribution in [2.45, 2.75) is 27.3 Å². The van der Waals surface area contributed by atoms with Gasteiger partial charge in [0.15, 0.2) is 0 Å². The molecule has 0 amide bonds. The average Bonchev–Trinajstić information content (AvgIpc) is 1.88. The van der Waals surface area contributed by atoms with Gasteiger partial charge in [-0.3, -0.25) is 0 Å². The molecule has 3 nitrogen and oxygen atoms in total. The first kappa shape index (κ1) is 14.9. The van der Waals surface area contributed by atoms with Crippen LogP contribution in [0, 0.1) is 0 Å². The highest BCUT2D eigenvalue weighted by molar-refractivity contribution is 6.59. The van der Waals surface area contributed by atoms with E-state index >= 15 is 0 Å². The van der Waals surface area contributed by atoms with Crippen molar-refractivity contribution >= 4 is 21.2 Å². The summed E-state index contributed by atoms with van der Waals surface area (Å²) in [5, 5.41) is 0. The number of hydrogen-bond acceptors (Lipinski definition) is 3. The van der Waals surface area contributed by atoms with Gasteiger partial charge in [0.05, 0.1) is 0 Å². The molecular formula is C7H19ClO3Si. The molecular weight excluding hydrogens is 196 g/mol. The van der Waals surface area contributed by atoms with Crippen molar-refractivity contribution < 1.29 is 13.3 Å². The van der Waals surface area contributed by atoms with E-state index in [0.29, 0.717) is 19.8 Å². The highest BCUT2D eigenvalue weighted by Crippen LogP contribution is 2.08. The summed E-state index contributed by atoms with van der Waals surface area (Å²) in [6.07, 6.45) is 0. The minimum Gasteiger partial charge on any atom is -0.374 e. The Morgan fingerprint density at radius 1 is 0.833 bits per heavy atom. The summed E-state index contributed by atoms with van der Waals surface area (Å²) < 4.78 is 16.2. The second-order valence-electron chi connectivity index (χ2n) is 2.16. The first-order valence-corrected chi connectivity index (χ1v) is 6.32. The van der Waals surface area contributed by atoms with E-state index in [9.17, 15) is 0 Å². The summed E-state index contributed by atoms with van der Waals surface area (Å²) in [6, 6.07) is 0. The van der Waals surface area contributed by atoms with Crippen LogP contribution in [0.1, 0.15) is 20.8 Å². The summed E-state index contributed by atoms with van der Waals surface area (Å²) in [5.74, 6) is 0. The predicted octanol–water partition coefficient (Wildman–Crippen LogP) is 2.09. The lowest BCUT2D eigenvalue weighted by molar-refractivity contribution is 0.0783. The van der Waals surface area contributed by atoms with E-state index in [1.165, 1.54) is 0 Å². The zero-order valence-electron chi connectivity index (χ0n) is 8.25. The van der Waals surface area contributed by atoms with E-state index < -0.39 is 8.80 Å². The molecule has 0 radical (unpaired) electrons. The summed E-state index contributed by atoms with van der Waals surface area (Å²) in [5.41, 5.74) is 0. The summed E-state index contributed by atoms with van der Waals surface area (Å²) in [6.45, 7) is 9.73. The van der Waals surface area contributed by atoms with Crippen LogP contribution in [0.2, 0.25) is 6.55 Å². The Balaban J connectivity index is 0. The lowest BCUT2D eigenvalue weighted by Crippen LogP contribution is -2.42. The number of hydrogen-bond donors (Lipinski definition) is 0. The molecule has 0 fully saturated rings. The molecule has 0 aromatic heterocycles. The molecule has 0 atom stereocenters. The van der Waals surface area contributed by atoms with Crippen molar-refractivity contribution in [1.29, 1.82) is 0 Å². The molecule has 0 heterocycles. The van der Waals surface area contributed by atoms with Crippen LogP contribution in [0.3, 0.4) is 0 Å². The lowest BCUT2D eigenvalue weighted by atomic mass is 10.9. The molecule has 0 rings (SSSR count). The quantitative estimate of drug-likeness (QED) is 0.634. The maximum absolute atomic E-state index is 5.40. The van der Waals surface area contributed by atoms with Crippen molar-refractivity contribution in [3.8, 4) is 0 Å². The van der Waals surface area contributed by atoms with Crippen LogP contribution in [0.5, 0.6) is 0 Å². The molecule has 0 spiro atoms. The van der Waals surface area contributed by atoms with Crippen molar-refractivity contribution in [3.05, 3.63) is 0 Å².